The molecular formula is C31H30FNO3. The van der Waals surface area contributed by atoms with E-state index in [1.807, 2.05) is 24.3 Å². The van der Waals surface area contributed by atoms with Crippen LogP contribution in [0.5, 0.6) is 5.75 Å². The van der Waals surface area contributed by atoms with Crippen LogP contribution in [0.1, 0.15) is 66.9 Å². The number of benzene rings is 2. The quantitative estimate of drug-likeness (QED) is 0.426. The smallest absolute Gasteiger partial charge is 0.349 e. The van der Waals surface area contributed by atoms with Gasteiger partial charge in [-0.2, -0.15) is 0 Å². The monoisotopic (exact) mass is 483 g/mol. The van der Waals surface area contributed by atoms with Gasteiger partial charge in [0.2, 0.25) is 6.10 Å². The maximum atomic E-state index is 13.9. The zero-order valence-electron chi connectivity index (χ0n) is 20.4. The lowest BCUT2D eigenvalue weighted by molar-refractivity contribution is -0.145. The number of allylic oxidation sites excluding steroid dienone is 2. The Morgan fingerprint density at radius 1 is 1.14 bits per heavy atom. The van der Waals surface area contributed by atoms with E-state index in [2.05, 4.69) is 30.1 Å². The van der Waals surface area contributed by atoms with E-state index in [0.29, 0.717) is 29.1 Å². The van der Waals surface area contributed by atoms with Gasteiger partial charge in [0.15, 0.2) is 0 Å². The summed E-state index contributed by atoms with van der Waals surface area (Å²) in [5, 5.41) is 9.76. The Morgan fingerprint density at radius 2 is 1.97 bits per heavy atom. The fourth-order valence-electron chi connectivity index (χ4n) is 7.23. The average molecular weight is 484 g/mol. The molecule has 0 amide bonds. The standard InChI is InChI=1S/C31H30FNO3/c1-31-14-13-25-24-10-8-23(36-29(30(34)35)19-5-3-2-4-6-19)16-20(24)7-9-26(25)28(31)12-11-27(31)21-15-22(32)18-33-17-21/h2-6,8,10-11,15-18,25-26,28-29H,7,9,12-14H2,1H3,(H,34,35)/t25?,26?,28?,29?,31-/m1/s1. The van der Waals surface area contributed by atoms with E-state index >= 15 is 0 Å². The maximum absolute atomic E-state index is 13.9. The van der Waals surface area contributed by atoms with Gasteiger partial charge in [0, 0.05) is 11.8 Å². The van der Waals surface area contributed by atoms with Crippen molar-refractivity contribution in [3.8, 4) is 5.75 Å². The molecule has 0 saturated heterocycles. The van der Waals surface area contributed by atoms with E-state index in [0.717, 1.165) is 37.7 Å². The van der Waals surface area contributed by atoms with Crippen molar-refractivity contribution >= 4 is 11.5 Å². The molecule has 0 radical (unpaired) electrons. The van der Waals surface area contributed by atoms with Gasteiger partial charge in [-0.1, -0.05) is 49.4 Å². The van der Waals surface area contributed by atoms with Crippen LogP contribution in [0.15, 0.2) is 73.1 Å². The number of carboxylic acids is 1. The largest absolute Gasteiger partial charge is 0.478 e. The normalized spacial score (nSPS) is 27.3. The van der Waals surface area contributed by atoms with Gasteiger partial charge in [0.05, 0.1) is 6.20 Å². The van der Waals surface area contributed by atoms with Crippen molar-refractivity contribution in [3.05, 3.63) is 101 Å². The molecule has 0 bridgehead atoms. The third kappa shape index (κ3) is 3.82. The number of rotatable bonds is 5. The second-order valence-corrected chi connectivity index (χ2v) is 10.7. The van der Waals surface area contributed by atoms with Gasteiger partial charge in [-0.05, 0) is 95.7 Å². The van der Waals surface area contributed by atoms with Crippen LogP contribution in [0, 0.1) is 23.1 Å². The Bertz CT molecular complexity index is 1340. The van der Waals surface area contributed by atoms with E-state index in [4.69, 9.17) is 4.74 Å². The number of hydrogen-bond acceptors (Lipinski definition) is 3. The summed E-state index contributed by atoms with van der Waals surface area (Å²) in [6.45, 7) is 2.36. The molecule has 3 aromatic rings. The topological polar surface area (TPSA) is 59.4 Å². The van der Waals surface area contributed by atoms with Gasteiger partial charge in [-0.15, -0.1) is 0 Å². The first-order chi connectivity index (χ1) is 17.4. The number of halogens is 1. The first-order valence-corrected chi connectivity index (χ1v) is 12.8. The van der Waals surface area contributed by atoms with Crippen molar-refractivity contribution in [2.24, 2.45) is 17.3 Å². The minimum Gasteiger partial charge on any atom is -0.478 e. The molecule has 4 unspecified atom stereocenters. The molecule has 1 aromatic heterocycles. The van der Waals surface area contributed by atoms with Crippen LogP contribution in [-0.4, -0.2) is 16.1 Å². The SMILES string of the molecule is C[C@]12CCC3c4ccc(OC(C(=O)O)c5ccccc5)cc4CCC3C1CC=C2c1cncc(F)c1. The molecule has 1 heterocycles. The first-order valence-electron chi connectivity index (χ1n) is 12.8. The van der Waals surface area contributed by atoms with Gasteiger partial charge in [-0.25, -0.2) is 9.18 Å². The molecule has 5 atom stereocenters. The van der Waals surface area contributed by atoms with Gasteiger partial charge < -0.3 is 9.84 Å². The highest BCUT2D eigenvalue weighted by Crippen LogP contribution is 2.63. The van der Waals surface area contributed by atoms with Crippen molar-refractivity contribution < 1.29 is 19.0 Å². The van der Waals surface area contributed by atoms with Crippen molar-refractivity contribution in [1.82, 2.24) is 4.98 Å². The second-order valence-electron chi connectivity index (χ2n) is 10.7. The van der Waals surface area contributed by atoms with E-state index < -0.39 is 12.1 Å². The van der Waals surface area contributed by atoms with Gasteiger partial charge in [0.1, 0.15) is 11.6 Å². The van der Waals surface area contributed by atoms with E-state index in [9.17, 15) is 14.3 Å². The average Bonchev–Trinajstić information content (AvgIpc) is 3.24. The number of ether oxygens (including phenoxy) is 1. The van der Waals surface area contributed by atoms with Crippen molar-refractivity contribution in [2.75, 3.05) is 0 Å². The van der Waals surface area contributed by atoms with Crippen LogP contribution < -0.4 is 4.74 Å². The minimum atomic E-state index is -1.03. The maximum Gasteiger partial charge on any atom is 0.349 e. The van der Waals surface area contributed by atoms with Crippen LogP contribution in [0.25, 0.3) is 5.57 Å². The lowest BCUT2D eigenvalue weighted by atomic mass is 9.54. The summed E-state index contributed by atoms with van der Waals surface area (Å²) >= 11 is 0. The van der Waals surface area contributed by atoms with Gasteiger partial charge in [-0.3, -0.25) is 4.98 Å². The highest BCUT2D eigenvalue weighted by Gasteiger charge is 2.52. The molecule has 1 saturated carbocycles. The summed E-state index contributed by atoms with van der Waals surface area (Å²) in [5.74, 6) is 0.929. The lowest BCUT2D eigenvalue weighted by Gasteiger charge is -2.50. The molecule has 3 aliphatic rings. The number of hydrogen-bond donors (Lipinski definition) is 1. The third-order valence-electron chi connectivity index (χ3n) is 8.88. The molecule has 2 aromatic carbocycles. The van der Waals surface area contributed by atoms with Crippen LogP contribution >= 0.6 is 0 Å². The summed E-state index contributed by atoms with van der Waals surface area (Å²) in [6, 6.07) is 16.8. The number of carbonyl (C=O) groups is 1. The number of nitrogens with zero attached hydrogens (tertiary/aromatic N) is 1. The lowest BCUT2D eigenvalue weighted by Crippen LogP contribution is -2.40. The molecule has 3 aliphatic carbocycles. The molecule has 36 heavy (non-hydrogen) atoms. The van der Waals surface area contributed by atoms with E-state index in [1.54, 1.807) is 24.4 Å². The minimum absolute atomic E-state index is 0.0432. The van der Waals surface area contributed by atoms with Crippen molar-refractivity contribution in [2.45, 2.75) is 51.0 Å². The summed E-state index contributed by atoms with van der Waals surface area (Å²) < 4.78 is 19.9. The summed E-state index contributed by atoms with van der Waals surface area (Å²) in [4.78, 5) is 16.0. The molecule has 4 nitrogen and oxygen atoms in total. The fraction of sp³-hybridized carbons (Fsp3) is 0.355. The Kier molecular flexibility index (Phi) is 5.66. The highest BCUT2D eigenvalue weighted by molar-refractivity contribution is 5.75. The van der Waals surface area contributed by atoms with Gasteiger partial charge in [0.25, 0.3) is 0 Å². The number of aliphatic carboxylic acids is 1. The zero-order valence-corrected chi connectivity index (χ0v) is 20.4. The Morgan fingerprint density at radius 3 is 2.75 bits per heavy atom. The van der Waals surface area contributed by atoms with Crippen LogP contribution in [0.4, 0.5) is 4.39 Å². The molecule has 1 N–H and O–H groups in total. The van der Waals surface area contributed by atoms with Crippen LogP contribution in [0.2, 0.25) is 0 Å². The summed E-state index contributed by atoms with van der Waals surface area (Å²) in [6.07, 6.45) is 9.60. The third-order valence-corrected chi connectivity index (χ3v) is 8.88. The number of pyridine rings is 1. The second kappa shape index (κ2) is 8.88. The number of carboxylic acid groups (broad SMARTS) is 1. The molecule has 0 aliphatic heterocycles. The molecule has 0 spiro atoms. The molecular weight excluding hydrogens is 453 g/mol. The Labute approximate surface area is 210 Å². The molecule has 1 fully saturated rings. The number of fused-ring (bicyclic) bond motifs is 5. The molecule has 6 rings (SSSR count). The van der Waals surface area contributed by atoms with Crippen molar-refractivity contribution in [1.29, 1.82) is 0 Å². The van der Waals surface area contributed by atoms with E-state index in [-0.39, 0.29) is 11.2 Å². The Hall–Kier alpha value is -3.47. The molecule has 5 heteroatoms. The predicted octanol–water partition coefficient (Wildman–Crippen LogP) is 6.98. The molecule has 184 valence electrons. The number of aromatic nitrogens is 1. The Balaban J connectivity index is 1.24. The highest BCUT2D eigenvalue weighted by atomic mass is 19.1. The van der Waals surface area contributed by atoms with Crippen LogP contribution in [-0.2, 0) is 11.2 Å². The van der Waals surface area contributed by atoms with Crippen molar-refractivity contribution in [3.63, 3.8) is 0 Å². The predicted molar refractivity (Wildman–Crippen MR) is 136 cm³/mol. The fourth-order valence-corrected chi connectivity index (χ4v) is 7.23. The number of aryl methyl sites for hydroxylation is 1. The van der Waals surface area contributed by atoms with Crippen LogP contribution in [0.3, 0.4) is 0 Å². The van der Waals surface area contributed by atoms with E-state index in [1.165, 1.54) is 22.9 Å². The first kappa shape index (κ1) is 23.0. The zero-order chi connectivity index (χ0) is 24.9. The summed E-state index contributed by atoms with van der Waals surface area (Å²) in [5.41, 5.74) is 5.51. The summed E-state index contributed by atoms with van der Waals surface area (Å²) in [7, 11) is 0. The van der Waals surface area contributed by atoms with Gasteiger partial charge >= 0.3 is 5.97 Å².